The Morgan fingerprint density at radius 2 is 2.00 bits per heavy atom. The summed E-state index contributed by atoms with van der Waals surface area (Å²) < 4.78 is 26.9. The minimum Gasteiger partial charge on any atom is -0.351 e. The van der Waals surface area contributed by atoms with Crippen molar-refractivity contribution in [1.82, 2.24) is 15.6 Å². The van der Waals surface area contributed by atoms with Crippen LogP contribution >= 0.6 is 36.2 Å². The first-order chi connectivity index (χ1) is 12.7. The summed E-state index contributed by atoms with van der Waals surface area (Å²) in [5, 5.41) is 9.23. The van der Waals surface area contributed by atoms with Crippen molar-refractivity contribution in [1.29, 1.82) is 0 Å². The van der Waals surface area contributed by atoms with E-state index in [0.717, 1.165) is 29.7 Å². The molecule has 1 aromatic heterocycles. The maximum Gasteiger partial charge on any atom is 0.226 e. The first kappa shape index (κ1) is 25.8. The second-order valence-electron chi connectivity index (χ2n) is 8.02. The summed E-state index contributed by atoms with van der Waals surface area (Å²) in [7, 11) is 0. The number of amides is 1. The van der Waals surface area contributed by atoms with Gasteiger partial charge in [-0.1, -0.05) is 26.8 Å². The van der Waals surface area contributed by atoms with Crippen molar-refractivity contribution in [2.75, 3.05) is 13.1 Å². The zero-order chi connectivity index (χ0) is 19.6. The van der Waals surface area contributed by atoms with Gasteiger partial charge in [0, 0.05) is 29.3 Å². The van der Waals surface area contributed by atoms with E-state index < -0.39 is 11.6 Å². The first-order valence-corrected chi connectivity index (χ1v) is 10.0. The monoisotopic (exact) mass is 465 g/mol. The Balaban J connectivity index is 0.00000210. The molecule has 1 aromatic carbocycles. The zero-order valence-electron chi connectivity index (χ0n) is 16.6. The standard InChI is InChI=1S/C20H25F2N3OS.2ClH/c1-20(2,3)19-24-13(11-27-19)9-18(26)25-17-10-23-7-6-14(17)12-4-5-15(21)16(22)8-12;;/h4-5,8,11,14,17,23H,6-7,9-10H2,1-3H3,(H,25,26);2*1H. The summed E-state index contributed by atoms with van der Waals surface area (Å²) in [5.74, 6) is -1.87. The van der Waals surface area contributed by atoms with Crippen molar-refractivity contribution >= 4 is 42.1 Å². The van der Waals surface area contributed by atoms with Gasteiger partial charge in [-0.3, -0.25) is 4.79 Å². The molecule has 2 unspecified atom stereocenters. The number of aromatic nitrogens is 1. The average Bonchev–Trinajstić information content (AvgIpc) is 3.06. The van der Waals surface area contributed by atoms with E-state index in [1.807, 2.05) is 5.38 Å². The van der Waals surface area contributed by atoms with Gasteiger partial charge in [0.05, 0.1) is 17.1 Å². The van der Waals surface area contributed by atoms with E-state index in [9.17, 15) is 13.6 Å². The van der Waals surface area contributed by atoms with Gasteiger partial charge in [-0.15, -0.1) is 36.2 Å². The molecule has 1 aliphatic rings. The van der Waals surface area contributed by atoms with Gasteiger partial charge in [-0.25, -0.2) is 13.8 Å². The summed E-state index contributed by atoms with van der Waals surface area (Å²) in [6.07, 6.45) is 0.967. The number of carbonyl (C=O) groups is 1. The second kappa shape index (κ2) is 10.7. The zero-order valence-corrected chi connectivity index (χ0v) is 19.1. The maximum atomic E-state index is 13.6. The molecule has 9 heteroatoms. The molecule has 162 valence electrons. The van der Waals surface area contributed by atoms with Crippen molar-refractivity contribution in [2.45, 2.75) is 51.0 Å². The van der Waals surface area contributed by atoms with Gasteiger partial charge in [-0.2, -0.15) is 0 Å². The third-order valence-corrected chi connectivity index (χ3v) is 6.05. The molecule has 2 aromatic rings. The smallest absolute Gasteiger partial charge is 0.226 e. The lowest BCUT2D eigenvalue weighted by molar-refractivity contribution is -0.121. The van der Waals surface area contributed by atoms with Gasteiger partial charge in [0.15, 0.2) is 11.6 Å². The Morgan fingerprint density at radius 1 is 1.28 bits per heavy atom. The van der Waals surface area contributed by atoms with Crippen molar-refractivity contribution in [3.63, 3.8) is 0 Å². The van der Waals surface area contributed by atoms with Gasteiger partial charge >= 0.3 is 0 Å². The molecule has 0 aliphatic carbocycles. The average molecular weight is 466 g/mol. The summed E-state index contributed by atoms with van der Waals surface area (Å²) in [6.45, 7) is 7.65. The highest BCUT2D eigenvalue weighted by Gasteiger charge is 2.28. The molecule has 3 rings (SSSR count). The van der Waals surface area contributed by atoms with Gasteiger partial charge in [0.1, 0.15) is 0 Å². The minimum atomic E-state index is -0.855. The number of hydrogen-bond acceptors (Lipinski definition) is 4. The van der Waals surface area contributed by atoms with Gasteiger partial charge in [0.2, 0.25) is 5.91 Å². The van der Waals surface area contributed by atoms with E-state index in [1.165, 1.54) is 6.07 Å². The molecule has 2 heterocycles. The van der Waals surface area contributed by atoms with E-state index in [2.05, 4.69) is 36.4 Å². The molecule has 2 N–H and O–H groups in total. The number of nitrogens with one attached hydrogen (secondary N) is 2. The van der Waals surface area contributed by atoms with Crippen molar-refractivity contribution < 1.29 is 13.6 Å². The fourth-order valence-corrected chi connectivity index (χ4v) is 4.21. The van der Waals surface area contributed by atoms with Crippen LogP contribution in [-0.2, 0) is 16.6 Å². The Labute approximate surface area is 186 Å². The van der Waals surface area contributed by atoms with Crippen molar-refractivity contribution in [3.8, 4) is 0 Å². The Morgan fingerprint density at radius 3 is 2.62 bits per heavy atom. The molecule has 0 radical (unpaired) electrons. The van der Waals surface area contributed by atoms with Crippen LogP contribution < -0.4 is 10.6 Å². The van der Waals surface area contributed by atoms with E-state index in [1.54, 1.807) is 17.4 Å². The van der Waals surface area contributed by atoms with E-state index >= 15 is 0 Å². The Kier molecular flexibility index (Phi) is 9.47. The number of nitrogens with zero attached hydrogens (tertiary/aromatic N) is 1. The van der Waals surface area contributed by atoms with Crippen LogP contribution in [0.2, 0.25) is 0 Å². The molecule has 4 nitrogen and oxygen atoms in total. The first-order valence-electron chi connectivity index (χ1n) is 9.14. The predicted molar refractivity (Wildman–Crippen MR) is 118 cm³/mol. The van der Waals surface area contributed by atoms with Crippen molar-refractivity contribution in [3.05, 3.63) is 51.5 Å². The molecular formula is C20H27Cl2F2N3OS. The molecule has 0 spiro atoms. The van der Waals surface area contributed by atoms with Crippen LogP contribution in [0.1, 0.15) is 49.4 Å². The maximum absolute atomic E-state index is 13.6. The SMILES string of the molecule is CC(C)(C)c1nc(CC(=O)NC2CNCCC2c2ccc(F)c(F)c2)cs1.Cl.Cl. The Hall–Kier alpha value is -1.28. The van der Waals surface area contributed by atoms with Gasteiger partial charge in [0.25, 0.3) is 0 Å². The predicted octanol–water partition coefficient (Wildman–Crippen LogP) is 4.37. The number of benzene rings is 1. The molecule has 1 aliphatic heterocycles. The normalized spacial score (nSPS) is 19.1. The molecular weight excluding hydrogens is 439 g/mol. The third-order valence-electron chi connectivity index (χ3n) is 4.74. The summed E-state index contributed by atoms with van der Waals surface area (Å²) >= 11 is 1.56. The number of carbonyl (C=O) groups excluding carboxylic acids is 1. The lowest BCUT2D eigenvalue weighted by Crippen LogP contribution is -2.50. The van der Waals surface area contributed by atoms with Gasteiger partial charge in [-0.05, 0) is 30.7 Å². The molecule has 29 heavy (non-hydrogen) atoms. The number of thiazole rings is 1. The molecule has 1 saturated heterocycles. The van der Waals surface area contributed by atoms with Crippen LogP contribution in [0.4, 0.5) is 8.78 Å². The van der Waals surface area contributed by atoms with E-state index in [0.29, 0.717) is 12.1 Å². The summed E-state index contributed by atoms with van der Waals surface area (Å²) in [5.41, 5.74) is 1.43. The van der Waals surface area contributed by atoms with Crippen LogP contribution in [0.5, 0.6) is 0 Å². The molecule has 2 atom stereocenters. The topological polar surface area (TPSA) is 54.0 Å². The number of halogens is 4. The molecule has 1 fully saturated rings. The molecule has 0 bridgehead atoms. The summed E-state index contributed by atoms with van der Waals surface area (Å²) in [6, 6.07) is 3.82. The van der Waals surface area contributed by atoms with Gasteiger partial charge < -0.3 is 10.6 Å². The van der Waals surface area contributed by atoms with Crippen LogP contribution in [0, 0.1) is 11.6 Å². The number of piperidine rings is 1. The largest absolute Gasteiger partial charge is 0.351 e. The van der Waals surface area contributed by atoms with Crippen molar-refractivity contribution in [2.24, 2.45) is 0 Å². The van der Waals surface area contributed by atoms with Crippen LogP contribution in [0.3, 0.4) is 0 Å². The third kappa shape index (κ3) is 6.60. The minimum absolute atomic E-state index is 0. The number of rotatable bonds is 4. The fourth-order valence-electron chi connectivity index (χ4n) is 3.31. The fraction of sp³-hybridized carbons (Fsp3) is 0.500. The summed E-state index contributed by atoms with van der Waals surface area (Å²) in [4.78, 5) is 17.1. The highest BCUT2D eigenvalue weighted by atomic mass is 35.5. The second-order valence-corrected chi connectivity index (χ2v) is 8.88. The van der Waals surface area contributed by atoms with E-state index in [4.69, 9.17) is 0 Å². The quantitative estimate of drug-likeness (QED) is 0.704. The van der Waals surface area contributed by atoms with Crippen LogP contribution in [0.15, 0.2) is 23.6 Å². The number of hydrogen-bond donors (Lipinski definition) is 2. The lowest BCUT2D eigenvalue weighted by Gasteiger charge is -2.33. The van der Waals surface area contributed by atoms with Crippen LogP contribution in [0.25, 0.3) is 0 Å². The lowest BCUT2D eigenvalue weighted by atomic mass is 9.86. The highest BCUT2D eigenvalue weighted by Crippen LogP contribution is 2.28. The molecule has 1 amide bonds. The van der Waals surface area contributed by atoms with E-state index in [-0.39, 0.29) is 54.5 Å². The molecule has 0 saturated carbocycles. The highest BCUT2D eigenvalue weighted by molar-refractivity contribution is 7.09. The Bertz CT molecular complexity index is 826. The van der Waals surface area contributed by atoms with Crippen LogP contribution in [-0.4, -0.2) is 30.0 Å².